The Hall–Kier alpha value is -3.63. The van der Waals surface area contributed by atoms with Crippen LogP contribution >= 0.6 is 0 Å². The number of carboxylic acid groups (broad SMARTS) is 2. The lowest BCUT2D eigenvalue weighted by Crippen LogP contribution is -2.33. The topological polar surface area (TPSA) is 159 Å². The fourth-order valence-corrected chi connectivity index (χ4v) is 2.22. The maximum Gasteiger partial charge on any atom is 0.246 e. The number of carbonyl (C=O) groups excluding carboxylic acids is 3. The van der Waals surface area contributed by atoms with Crippen LogP contribution in [0.25, 0.3) is 0 Å². The lowest BCUT2D eigenvalue weighted by Gasteiger charge is -2.19. The van der Waals surface area contributed by atoms with Crippen LogP contribution in [0, 0.1) is 0 Å². The van der Waals surface area contributed by atoms with Crippen molar-refractivity contribution in [3.63, 3.8) is 0 Å². The SMILES string of the molecule is O=C(Cn1nnc(C(=O)[O-])c1C(=O)[O-])Nc1ccc2c(c1)OCCO2. The molecule has 0 saturated carbocycles. The Balaban J connectivity index is 1.75. The number of benzene rings is 1. The molecule has 0 unspecified atom stereocenters. The van der Waals surface area contributed by atoms with Gasteiger partial charge >= 0.3 is 0 Å². The molecule has 0 spiro atoms. The van der Waals surface area contributed by atoms with Crippen molar-refractivity contribution in [2.75, 3.05) is 18.5 Å². The Morgan fingerprint density at radius 3 is 2.52 bits per heavy atom. The highest BCUT2D eigenvalue weighted by atomic mass is 16.6. The van der Waals surface area contributed by atoms with Crippen LogP contribution in [-0.4, -0.2) is 46.1 Å². The van der Waals surface area contributed by atoms with Crippen LogP contribution < -0.4 is 25.0 Å². The quantitative estimate of drug-likeness (QED) is 0.613. The zero-order valence-corrected chi connectivity index (χ0v) is 12.6. The van der Waals surface area contributed by atoms with Gasteiger partial charge in [0.15, 0.2) is 11.5 Å². The average molecular weight is 346 g/mol. The first kappa shape index (κ1) is 16.2. The summed E-state index contributed by atoms with van der Waals surface area (Å²) in [5, 5.41) is 30.9. The molecule has 1 aromatic heterocycles. The number of aromatic carboxylic acids is 2. The van der Waals surface area contributed by atoms with Gasteiger partial charge in [0.1, 0.15) is 31.1 Å². The van der Waals surface area contributed by atoms with E-state index in [0.29, 0.717) is 35.1 Å². The number of hydrogen-bond donors (Lipinski definition) is 1. The van der Waals surface area contributed by atoms with E-state index >= 15 is 0 Å². The predicted octanol–water partition coefficient (Wildman–Crippen LogP) is -2.58. The van der Waals surface area contributed by atoms with Gasteiger partial charge in [-0.05, 0) is 12.1 Å². The molecule has 1 N–H and O–H groups in total. The van der Waals surface area contributed by atoms with E-state index in [1.54, 1.807) is 18.2 Å². The molecular weight excluding hydrogens is 336 g/mol. The molecule has 1 aromatic carbocycles. The van der Waals surface area contributed by atoms with Gasteiger partial charge in [-0.15, -0.1) is 5.10 Å². The minimum absolute atomic E-state index is 0.379. The van der Waals surface area contributed by atoms with E-state index < -0.39 is 35.8 Å². The Kier molecular flexibility index (Phi) is 4.20. The maximum absolute atomic E-state index is 12.1. The number of carbonyl (C=O) groups is 3. The first-order chi connectivity index (χ1) is 12.0. The van der Waals surface area contributed by atoms with Gasteiger partial charge in [-0.3, -0.25) is 4.79 Å². The van der Waals surface area contributed by atoms with E-state index in [-0.39, 0.29) is 0 Å². The second kappa shape index (κ2) is 6.47. The number of aromatic nitrogens is 3. The van der Waals surface area contributed by atoms with Gasteiger partial charge < -0.3 is 34.6 Å². The smallest absolute Gasteiger partial charge is 0.246 e. The highest BCUT2D eigenvalue weighted by Crippen LogP contribution is 2.32. The summed E-state index contributed by atoms with van der Waals surface area (Å²) in [5.74, 6) is -3.33. The van der Waals surface area contributed by atoms with Gasteiger partial charge in [-0.25, -0.2) is 4.68 Å². The molecule has 1 aliphatic rings. The maximum atomic E-state index is 12.1. The van der Waals surface area contributed by atoms with Gasteiger partial charge in [0, 0.05) is 11.8 Å². The molecule has 0 saturated heterocycles. The summed E-state index contributed by atoms with van der Waals surface area (Å²) in [5.41, 5.74) is -1.38. The molecule has 11 heteroatoms. The molecule has 1 aliphatic heterocycles. The van der Waals surface area contributed by atoms with Crippen molar-refractivity contribution in [2.45, 2.75) is 6.54 Å². The molecule has 0 radical (unpaired) electrons. The number of fused-ring (bicyclic) bond motifs is 1. The minimum atomic E-state index is -1.84. The van der Waals surface area contributed by atoms with Gasteiger partial charge in [-0.2, -0.15) is 0 Å². The van der Waals surface area contributed by atoms with Crippen LogP contribution in [0.3, 0.4) is 0 Å². The van der Waals surface area contributed by atoms with Crippen LogP contribution in [0.5, 0.6) is 11.5 Å². The monoisotopic (exact) mass is 346 g/mol. The number of ether oxygens (including phenoxy) is 2. The number of hydrogen-bond acceptors (Lipinski definition) is 9. The highest BCUT2D eigenvalue weighted by Gasteiger charge is 2.18. The lowest BCUT2D eigenvalue weighted by molar-refractivity contribution is -0.260. The average Bonchev–Trinajstić information content (AvgIpc) is 2.98. The summed E-state index contributed by atoms with van der Waals surface area (Å²) in [6.45, 7) is 0.222. The van der Waals surface area contributed by atoms with Gasteiger partial charge in [0.2, 0.25) is 5.91 Å². The Labute approximate surface area is 139 Å². The van der Waals surface area contributed by atoms with Crippen LogP contribution in [0.4, 0.5) is 5.69 Å². The van der Waals surface area contributed by atoms with Crippen molar-refractivity contribution in [1.29, 1.82) is 0 Å². The molecule has 0 fully saturated rings. The fourth-order valence-electron chi connectivity index (χ4n) is 2.22. The van der Waals surface area contributed by atoms with Gasteiger partial charge in [-0.1, -0.05) is 5.21 Å². The zero-order chi connectivity index (χ0) is 18.0. The van der Waals surface area contributed by atoms with E-state index in [2.05, 4.69) is 15.6 Å². The molecule has 2 heterocycles. The minimum Gasteiger partial charge on any atom is -0.543 e. The second-order valence-corrected chi connectivity index (χ2v) is 4.93. The summed E-state index contributed by atoms with van der Waals surface area (Å²) < 4.78 is 11.3. The normalized spacial score (nSPS) is 12.5. The van der Waals surface area contributed by atoms with E-state index in [0.717, 1.165) is 0 Å². The van der Waals surface area contributed by atoms with E-state index in [4.69, 9.17) is 9.47 Å². The summed E-state index contributed by atoms with van der Waals surface area (Å²) in [7, 11) is 0. The lowest BCUT2D eigenvalue weighted by atomic mass is 10.2. The van der Waals surface area contributed by atoms with Crippen molar-refractivity contribution in [2.24, 2.45) is 0 Å². The van der Waals surface area contributed by atoms with Crippen molar-refractivity contribution in [3.05, 3.63) is 29.6 Å². The van der Waals surface area contributed by atoms with Crippen LogP contribution in [0.2, 0.25) is 0 Å². The van der Waals surface area contributed by atoms with Crippen molar-refractivity contribution >= 4 is 23.5 Å². The van der Waals surface area contributed by atoms with Crippen molar-refractivity contribution in [3.8, 4) is 11.5 Å². The molecule has 0 aliphatic carbocycles. The Morgan fingerprint density at radius 2 is 1.84 bits per heavy atom. The Morgan fingerprint density at radius 1 is 1.12 bits per heavy atom. The summed E-state index contributed by atoms with van der Waals surface area (Å²) >= 11 is 0. The van der Waals surface area contributed by atoms with Crippen molar-refractivity contribution < 1.29 is 34.1 Å². The highest BCUT2D eigenvalue weighted by molar-refractivity contribution is 5.98. The molecule has 25 heavy (non-hydrogen) atoms. The second-order valence-electron chi connectivity index (χ2n) is 4.93. The number of nitrogens with zero attached hydrogens (tertiary/aromatic N) is 3. The number of nitrogens with one attached hydrogen (secondary N) is 1. The molecule has 11 nitrogen and oxygen atoms in total. The zero-order valence-electron chi connectivity index (χ0n) is 12.6. The summed E-state index contributed by atoms with van der Waals surface area (Å²) in [6, 6.07) is 4.72. The standard InChI is InChI=1S/C14H12N4O7/c19-10(6-18-12(14(22)23)11(13(20)21)16-17-18)15-7-1-2-8-9(5-7)25-4-3-24-8/h1-2,5H,3-4,6H2,(H,15,19)(H,20,21)(H,22,23)/p-2. The number of rotatable bonds is 5. The largest absolute Gasteiger partial charge is 0.543 e. The summed E-state index contributed by atoms with van der Waals surface area (Å²) in [4.78, 5) is 33.9. The third kappa shape index (κ3) is 3.34. The van der Waals surface area contributed by atoms with Crippen LogP contribution in [0.15, 0.2) is 18.2 Å². The van der Waals surface area contributed by atoms with Gasteiger partial charge in [0.05, 0.1) is 11.9 Å². The molecule has 1 amide bonds. The summed E-state index contributed by atoms with van der Waals surface area (Å²) in [6.07, 6.45) is 0. The van der Waals surface area contributed by atoms with E-state index in [1.807, 2.05) is 0 Å². The fraction of sp³-hybridized carbons (Fsp3) is 0.214. The molecule has 130 valence electrons. The van der Waals surface area contributed by atoms with Crippen LogP contribution in [-0.2, 0) is 11.3 Å². The number of carboxylic acids is 2. The van der Waals surface area contributed by atoms with E-state index in [1.165, 1.54) is 0 Å². The number of amides is 1. The molecule has 2 aromatic rings. The third-order valence-corrected chi connectivity index (χ3v) is 3.24. The van der Waals surface area contributed by atoms with Gasteiger partial charge in [0.25, 0.3) is 0 Å². The first-order valence-electron chi connectivity index (χ1n) is 7.01. The molecular formula is C14H10N4O7-2. The molecule has 0 bridgehead atoms. The third-order valence-electron chi connectivity index (χ3n) is 3.24. The van der Waals surface area contributed by atoms with Crippen LogP contribution in [0.1, 0.15) is 21.0 Å². The molecule has 0 atom stereocenters. The Bertz CT molecular complexity index is 861. The van der Waals surface area contributed by atoms with Crippen molar-refractivity contribution in [1.82, 2.24) is 15.0 Å². The first-order valence-corrected chi connectivity index (χ1v) is 7.01. The predicted molar refractivity (Wildman–Crippen MR) is 74.7 cm³/mol. The van der Waals surface area contributed by atoms with E-state index in [9.17, 15) is 24.6 Å². The number of anilines is 1. The molecule has 3 rings (SSSR count).